The lowest BCUT2D eigenvalue weighted by molar-refractivity contribution is -0.386. The zero-order chi connectivity index (χ0) is 15.6. The number of nitrogens with zero attached hydrogens (tertiary/aromatic N) is 2. The highest BCUT2D eigenvalue weighted by molar-refractivity contribution is 9.10. The van der Waals surface area contributed by atoms with Crippen molar-refractivity contribution in [3.8, 4) is 11.8 Å². The SMILES string of the molecule is Cc1cc(Br)cc([N+](=O)[O-])c1OCC(C)(C#N)NC1CC1. The van der Waals surface area contributed by atoms with Crippen LogP contribution in [0.15, 0.2) is 16.6 Å². The van der Waals surface area contributed by atoms with Gasteiger partial charge in [0.05, 0.1) is 11.0 Å². The number of halogens is 1. The van der Waals surface area contributed by atoms with E-state index in [1.807, 2.05) is 0 Å². The molecule has 2 rings (SSSR count). The fourth-order valence-electron chi connectivity index (χ4n) is 2.04. The number of ether oxygens (including phenoxy) is 1. The van der Waals surface area contributed by atoms with Gasteiger partial charge in [0.1, 0.15) is 12.1 Å². The number of rotatable bonds is 6. The highest BCUT2D eigenvalue weighted by atomic mass is 79.9. The number of nitro benzene ring substituents is 1. The fraction of sp³-hybridized carbons (Fsp3) is 0.500. The molecule has 0 saturated heterocycles. The summed E-state index contributed by atoms with van der Waals surface area (Å²) in [5.74, 6) is 0.210. The Kier molecular flexibility index (Phi) is 4.49. The quantitative estimate of drug-likeness (QED) is 0.627. The van der Waals surface area contributed by atoms with Crippen LogP contribution in [0, 0.1) is 28.4 Å². The van der Waals surface area contributed by atoms with E-state index in [0.717, 1.165) is 12.8 Å². The molecule has 0 bridgehead atoms. The van der Waals surface area contributed by atoms with Gasteiger partial charge in [-0.25, -0.2) is 0 Å². The molecule has 21 heavy (non-hydrogen) atoms. The van der Waals surface area contributed by atoms with Crippen LogP contribution < -0.4 is 10.1 Å². The van der Waals surface area contributed by atoms with E-state index in [1.54, 1.807) is 19.9 Å². The average Bonchev–Trinajstić information content (AvgIpc) is 3.20. The Balaban J connectivity index is 2.19. The summed E-state index contributed by atoms with van der Waals surface area (Å²) < 4.78 is 6.24. The van der Waals surface area contributed by atoms with Crippen molar-refractivity contribution in [1.29, 1.82) is 5.26 Å². The summed E-state index contributed by atoms with van der Waals surface area (Å²) in [4.78, 5) is 10.7. The first-order valence-corrected chi connectivity index (χ1v) is 7.40. The van der Waals surface area contributed by atoms with Crippen LogP contribution in [-0.2, 0) is 0 Å². The van der Waals surface area contributed by atoms with Crippen LogP contribution in [0.25, 0.3) is 0 Å². The molecule has 0 aliphatic heterocycles. The predicted octanol–water partition coefficient (Wildman–Crippen LogP) is 3.08. The molecule has 0 heterocycles. The molecule has 1 aromatic rings. The zero-order valence-corrected chi connectivity index (χ0v) is 13.4. The molecule has 7 heteroatoms. The summed E-state index contributed by atoms with van der Waals surface area (Å²) in [5.41, 5.74) is -0.300. The van der Waals surface area contributed by atoms with Gasteiger partial charge < -0.3 is 4.74 Å². The molecular formula is C14H16BrN3O3. The van der Waals surface area contributed by atoms with Crippen LogP contribution in [-0.4, -0.2) is 23.1 Å². The van der Waals surface area contributed by atoms with Crippen molar-refractivity contribution in [2.75, 3.05) is 6.61 Å². The molecule has 1 saturated carbocycles. The van der Waals surface area contributed by atoms with Crippen LogP contribution in [0.5, 0.6) is 5.75 Å². The minimum Gasteiger partial charge on any atom is -0.484 e. The lowest BCUT2D eigenvalue weighted by Crippen LogP contribution is -2.47. The lowest BCUT2D eigenvalue weighted by Gasteiger charge is -2.23. The first-order valence-electron chi connectivity index (χ1n) is 6.61. The monoisotopic (exact) mass is 353 g/mol. The zero-order valence-electron chi connectivity index (χ0n) is 11.9. The number of nitrogens with one attached hydrogen (secondary N) is 1. The summed E-state index contributed by atoms with van der Waals surface area (Å²) in [5, 5.41) is 23.6. The lowest BCUT2D eigenvalue weighted by atomic mass is 10.1. The molecule has 1 unspecified atom stereocenters. The van der Waals surface area contributed by atoms with Crippen molar-refractivity contribution in [3.63, 3.8) is 0 Å². The Bertz CT molecular complexity index is 610. The molecule has 1 aromatic carbocycles. The normalized spacial score (nSPS) is 16.9. The second kappa shape index (κ2) is 6.00. The fourth-order valence-corrected chi connectivity index (χ4v) is 2.60. The van der Waals surface area contributed by atoms with Crippen LogP contribution in [0.2, 0.25) is 0 Å². The number of nitriles is 1. The van der Waals surface area contributed by atoms with Crippen molar-refractivity contribution in [2.24, 2.45) is 0 Å². The molecule has 1 aliphatic carbocycles. The maximum absolute atomic E-state index is 11.1. The Morgan fingerprint density at radius 3 is 2.81 bits per heavy atom. The number of nitro groups is 1. The summed E-state index contributed by atoms with van der Waals surface area (Å²) in [6.07, 6.45) is 2.10. The van der Waals surface area contributed by atoms with E-state index < -0.39 is 10.5 Å². The Morgan fingerprint density at radius 2 is 2.29 bits per heavy atom. The van der Waals surface area contributed by atoms with Crippen LogP contribution in [0.4, 0.5) is 5.69 Å². The highest BCUT2D eigenvalue weighted by Gasteiger charge is 2.34. The van der Waals surface area contributed by atoms with Gasteiger partial charge in [-0.1, -0.05) is 15.9 Å². The Labute approximate surface area is 131 Å². The first-order chi connectivity index (χ1) is 9.84. The minimum atomic E-state index is -0.853. The molecule has 1 aliphatic rings. The molecule has 6 nitrogen and oxygen atoms in total. The second-order valence-electron chi connectivity index (χ2n) is 5.48. The summed E-state index contributed by atoms with van der Waals surface area (Å²) in [6.45, 7) is 3.54. The maximum Gasteiger partial charge on any atom is 0.312 e. The van der Waals surface area contributed by atoms with Crippen LogP contribution in [0.3, 0.4) is 0 Å². The standard InChI is InChI=1S/C14H16BrN3O3/c1-9-5-10(15)6-12(18(19)20)13(9)21-8-14(2,7-16)17-11-3-4-11/h5-6,11,17H,3-4,8H2,1-2H3. The summed E-state index contributed by atoms with van der Waals surface area (Å²) in [6, 6.07) is 5.68. The molecule has 1 N–H and O–H groups in total. The molecule has 0 aromatic heterocycles. The van der Waals surface area contributed by atoms with Crippen LogP contribution >= 0.6 is 15.9 Å². The largest absolute Gasteiger partial charge is 0.484 e. The second-order valence-corrected chi connectivity index (χ2v) is 6.39. The first kappa shape index (κ1) is 15.7. The average molecular weight is 354 g/mol. The highest BCUT2D eigenvalue weighted by Crippen LogP contribution is 2.34. The molecule has 112 valence electrons. The Morgan fingerprint density at radius 1 is 1.62 bits per heavy atom. The Hall–Kier alpha value is -1.65. The van der Waals surface area contributed by atoms with Crippen molar-refractivity contribution < 1.29 is 9.66 Å². The topological polar surface area (TPSA) is 88.2 Å². The predicted molar refractivity (Wildman–Crippen MR) is 81.2 cm³/mol. The van der Waals surface area contributed by atoms with Crippen molar-refractivity contribution >= 4 is 21.6 Å². The molecule has 1 fully saturated rings. The van der Waals surface area contributed by atoms with Crippen molar-refractivity contribution in [2.45, 2.75) is 38.3 Å². The van der Waals surface area contributed by atoms with Gasteiger partial charge in [0.25, 0.3) is 0 Å². The van der Waals surface area contributed by atoms with Crippen LogP contribution in [0.1, 0.15) is 25.3 Å². The molecular weight excluding hydrogens is 338 g/mol. The number of hydrogen-bond donors (Lipinski definition) is 1. The third-order valence-electron chi connectivity index (χ3n) is 3.27. The van der Waals surface area contributed by atoms with Gasteiger partial charge in [0.15, 0.2) is 5.75 Å². The summed E-state index contributed by atoms with van der Waals surface area (Å²) in [7, 11) is 0. The van der Waals surface area contributed by atoms with Gasteiger partial charge in [-0.3, -0.25) is 15.4 Å². The summed E-state index contributed by atoms with van der Waals surface area (Å²) >= 11 is 3.24. The van der Waals surface area contributed by atoms with E-state index in [2.05, 4.69) is 27.3 Å². The smallest absolute Gasteiger partial charge is 0.312 e. The third kappa shape index (κ3) is 3.93. The van der Waals surface area contributed by atoms with E-state index in [9.17, 15) is 15.4 Å². The van der Waals surface area contributed by atoms with E-state index in [4.69, 9.17) is 4.74 Å². The van der Waals surface area contributed by atoms with Gasteiger partial charge in [-0.2, -0.15) is 5.26 Å². The van der Waals surface area contributed by atoms with Gasteiger partial charge in [0.2, 0.25) is 0 Å². The van der Waals surface area contributed by atoms with E-state index in [-0.39, 0.29) is 18.0 Å². The molecule has 0 spiro atoms. The third-order valence-corrected chi connectivity index (χ3v) is 3.73. The van der Waals surface area contributed by atoms with Gasteiger partial charge in [0, 0.05) is 16.6 Å². The molecule has 0 amide bonds. The van der Waals surface area contributed by atoms with Crippen molar-refractivity contribution in [1.82, 2.24) is 5.32 Å². The number of benzene rings is 1. The van der Waals surface area contributed by atoms with Crippen molar-refractivity contribution in [3.05, 3.63) is 32.3 Å². The molecule has 1 atom stereocenters. The van der Waals surface area contributed by atoms with E-state index in [1.165, 1.54) is 6.07 Å². The van der Waals surface area contributed by atoms with Gasteiger partial charge in [-0.05, 0) is 38.3 Å². The van der Waals surface area contributed by atoms with Gasteiger partial charge in [-0.15, -0.1) is 0 Å². The number of hydrogen-bond acceptors (Lipinski definition) is 5. The number of aryl methyl sites for hydroxylation is 1. The van der Waals surface area contributed by atoms with E-state index >= 15 is 0 Å². The minimum absolute atomic E-state index is 0.0588. The van der Waals surface area contributed by atoms with Gasteiger partial charge >= 0.3 is 5.69 Å². The maximum atomic E-state index is 11.1. The molecule has 0 radical (unpaired) electrons. The van der Waals surface area contributed by atoms with E-state index in [0.29, 0.717) is 16.1 Å².